The average Bonchev–Trinajstić information content (AvgIpc) is 2.29. The first kappa shape index (κ1) is 14.8. The number of nitrogens with one attached hydrogen (secondary N) is 2. The van der Waals surface area contributed by atoms with Gasteiger partial charge in [-0.3, -0.25) is 0 Å². The summed E-state index contributed by atoms with van der Waals surface area (Å²) >= 11 is 3.36. The van der Waals surface area contributed by atoms with Gasteiger partial charge in [0.15, 0.2) is 0 Å². The van der Waals surface area contributed by atoms with Crippen LogP contribution in [0.4, 0.5) is 10.5 Å². The highest BCUT2D eigenvalue weighted by Crippen LogP contribution is 2.27. The first-order chi connectivity index (χ1) is 8.56. The Kier molecular flexibility index (Phi) is 5.94. The molecule has 0 aliphatic rings. The van der Waals surface area contributed by atoms with Gasteiger partial charge in [-0.2, -0.15) is 0 Å². The molecule has 0 bridgehead atoms. The van der Waals surface area contributed by atoms with Crippen LogP contribution in [0.15, 0.2) is 22.7 Å². The Bertz CT molecular complexity index is 412. The Balaban J connectivity index is 2.57. The third-order valence-corrected chi connectivity index (χ3v) is 2.82. The highest BCUT2D eigenvalue weighted by atomic mass is 79.9. The second-order valence-corrected chi connectivity index (χ2v) is 4.66. The fraction of sp³-hybridized carbons (Fsp3) is 0.417. The number of urea groups is 1. The molecule has 5 nitrogen and oxygen atoms in total. The summed E-state index contributed by atoms with van der Waals surface area (Å²) in [5.74, 6) is 0.716. The Morgan fingerprint density at radius 2 is 2.17 bits per heavy atom. The van der Waals surface area contributed by atoms with Gasteiger partial charge < -0.3 is 20.1 Å². The monoisotopic (exact) mass is 316 g/mol. The lowest BCUT2D eigenvalue weighted by Crippen LogP contribution is -2.38. The summed E-state index contributed by atoms with van der Waals surface area (Å²) in [6.45, 7) is 2.34. The second kappa shape index (κ2) is 7.23. The average molecular weight is 317 g/mol. The van der Waals surface area contributed by atoms with Gasteiger partial charge in [-0.1, -0.05) is 0 Å². The number of hydrogen-bond acceptors (Lipinski definition) is 3. The van der Waals surface area contributed by atoms with Crippen LogP contribution in [-0.2, 0) is 4.74 Å². The van der Waals surface area contributed by atoms with Crippen molar-refractivity contribution in [3.63, 3.8) is 0 Å². The summed E-state index contributed by atoms with van der Waals surface area (Å²) in [5, 5.41) is 5.49. The molecule has 0 fully saturated rings. The number of ether oxygens (including phenoxy) is 2. The number of rotatable bonds is 5. The lowest BCUT2D eigenvalue weighted by Gasteiger charge is -2.14. The molecule has 0 aromatic heterocycles. The largest absolute Gasteiger partial charge is 0.496 e. The number of amides is 2. The summed E-state index contributed by atoms with van der Waals surface area (Å²) in [7, 11) is 3.18. The van der Waals surface area contributed by atoms with Crippen LogP contribution in [0.3, 0.4) is 0 Å². The number of methoxy groups -OCH3 is 2. The molecular weight excluding hydrogens is 300 g/mol. The van der Waals surface area contributed by atoms with Crippen LogP contribution < -0.4 is 15.4 Å². The van der Waals surface area contributed by atoms with E-state index in [9.17, 15) is 4.79 Å². The van der Waals surface area contributed by atoms with Crippen LogP contribution in [0.1, 0.15) is 6.92 Å². The van der Waals surface area contributed by atoms with Crippen molar-refractivity contribution in [2.45, 2.75) is 13.0 Å². The molecule has 0 radical (unpaired) electrons. The molecule has 0 heterocycles. The lowest BCUT2D eigenvalue weighted by molar-refractivity contribution is 0.173. The third kappa shape index (κ3) is 4.54. The highest BCUT2D eigenvalue weighted by molar-refractivity contribution is 9.10. The van der Waals surface area contributed by atoms with Gasteiger partial charge in [0.25, 0.3) is 0 Å². The van der Waals surface area contributed by atoms with Crippen molar-refractivity contribution in [3.8, 4) is 5.75 Å². The molecule has 1 aromatic rings. The first-order valence-corrected chi connectivity index (χ1v) is 6.26. The van der Waals surface area contributed by atoms with E-state index in [0.717, 1.165) is 4.47 Å². The predicted octanol–water partition coefficient (Wildman–Crippen LogP) is 2.61. The summed E-state index contributed by atoms with van der Waals surface area (Å²) in [5.41, 5.74) is 0.685. The van der Waals surface area contributed by atoms with E-state index in [2.05, 4.69) is 26.6 Å². The van der Waals surface area contributed by atoms with Gasteiger partial charge in [0.1, 0.15) is 5.75 Å². The lowest BCUT2D eigenvalue weighted by atomic mass is 10.3. The molecule has 2 amide bonds. The number of carbonyl (C=O) groups is 1. The number of carbonyl (C=O) groups excluding carboxylic acids is 1. The van der Waals surface area contributed by atoms with Gasteiger partial charge in [0.2, 0.25) is 0 Å². The SMILES string of the molecule is COC[C@H](C)NC(=O)Nc1ccc(OC)c(Br)c1. The molecule has 0 aliphatic carbocycles. The molecular formula is C12H17BrN2O3. The van der Waals surface area contributed by atoms with Crippen molar-refractivity contribution < 1.29 is 14.3 Å². The molecule has 18 heavy (non-hydrogen) atoms. The van der Waals surface area contributed by atoms with E-state index in [1.54, 1.807) is 32.4 Å². The number of anilines is 1. The molecule has 0 unspecified atom stereocenters. The molecule has 0 spiro atoms. The quantitative estimate of drug-likeness (QED) is 0.878. The molecule has 1 rings (SSSR count). The van der Waals surface area contributed by atoms with E-state index < -0.39 is 0 Å². The van der Waals surface area contributed by atoms with Crippen LogP contribution >= 0.6 is 15.9 Å². The summed E-state index contributed by atoms with van der Waals surface area (Å²) in [4.78, 5) is 11.6. The van der Waals surface area contributed by atoms with Gasteiger partial charge >= 0.3 is 6.03 Å². The molecule has 1 aromatic carbocycles. The summed E-state index contributed by atoms with van der Waals surface area (Å²) in [6.07, 6.45) is 0. The van der Waals surface area contributed by atoms with E-state index in [0.29, 0.717) is 18.0 Å². The maximum Gasteiger partial charge on any atom is 0.319 e. The standard InChI is InChI=1S/C12H17BrN2O3/c1-8(7-17-2)14-12(16)15-9-4-5-11(18-3)10(13)6-9/h4-6,8H,7H2,1-3H3,(H2,14,15,16)/t8-/m0/s1. The predicted molar refractivity (Wildman–Crippen MR) is 74.2 cm³/mol. The first-order valence-electron chi connectivity index (χ1n) is 5.46. The third-order valence-electron chi connectivity index (χ3n) is 2.20. The summed E-state index contributed by atoms with van der Waals surface area (Å²) in [6, 6.07) is 5.01. The fourth-order valence-corrected chi connectivity index (χ4v) is 1.97. The summed E-state index contributed by atoms with van der Waals surface area (Å²) < 4.78 is 10.8. The Morgan fingerprint density at radius 1 is 1.44 bits per heavy atom. The minimum absolute atomic E-state index is 0.0447. The van der Waals surface area contributed by atoms with Crippen molar-refractivity contribution in [3.05, 3.63) is 22.7 Å². The number of hydrogen-bond donors (Lipinski definition) is 2. The molecule has 1 atom stereocenters. The van der Waals surface area contributed by atoms with E-state index >= 15 is 0 Å². The van der Waals surface area contributed by atoms with E-state index in [-0.39, 0.29) is 12.1 Å². The Hall–Kier alpha value is -1.27. The van der Waals surface area contributed by atoms with E-state index in [1.807, 2.05) is 6.92 Å². The van der Waals surface area contributed by atoms with Crippen LogP contribution in [0.25, 0.3) is 0 Å². The number of benzene rings is 1. The van der Waals surface area contributed by atoms with Gasteiger partial charge in [0, 0.05) is 12.8 Å². The molecule has 0 aliphatic heterocycles. The van der Waals surface area contributed by atoms with Crippen molar-refractivity contribution in [1.29, 1.82) is 0 Å². The van der Waals surface area contributed by atoms with Crippen molar-refractivity contribution in [2.75, 3.05) is 26.1 Å². The van der Waals surface area contributed by atoms with Gasteiger partial charge in [-0.25, -0.2) is 4.79 Å². The van der Waals surface area contributed by atoms with E-state index in [1.165, 1.54) is 0 Å². The molecule has 0 saturated heterocycles. The fourth-order valence-electron chi connectivity index (χ4n) is 1.43. The zero-order valence-electron chi connectivity index (χ0n) is 10.6. The zero-order valence-corrected chi connectivity index (χ0v) is 12.2. The van der Waals surface area contributed by atoms with Gasteiger partial charge in [0.05, 0.1) is 24.2 Å². The number of halogens is 1. The van der Waals surface area contributed by atoms with Crippen LogP contribution in [0.2, 0.25) is 0 Å². The minimum atomic E-state index is -0.267. The van der Waals surface area contributed by atoms with Crippen LogP contribution in [0, 0.1) is 0 Å². The zero-order chi connectivity index (χ0) is 13.5. The minimum Gasteiger partial charge on any atom is -0.496 e. The molecule has 6 heteroatoms. The maximum absolute atomic E-state index is 11.6. The molecule has 100 valence electrons. The molecule has 0 saturated carbocycles. The van der Waals surface area contributed by atoms with Crippen LogP contribution in [0.5, 0.6) is 5.75 Å². The van der Waals surface area contributed by atoms with Crippen molar-refractivity contribution in [1.82, 2.24) is 5.32 Å². The smallest absolute Gasteiger partial charge is 0.319 e. The second-order valence-electron chi connectivity index (χ2n) is 3.80. The van der Waals surface area contributed by atoms with E-state index in [4.69, 9.17) is 9.47 Å². The normalized spacial score (nSPS) is 11.8. The van der Waals surface area contributed by atoms with Crippen LogP contribution in [-0.4, -0.2) is 32.9 Å². The van der Waals surface area contributed by atoms with Crippen molar-refractivity contribution >= 4 is 27.6 Å². The Morgan fingerprint density at radius 3 is 2.72 bits per heavy atom. The molecule has 2 N–H and O–H groups in total. The maximum atomic E-state index is 11.6. The van der Waals surface area contributed by atoms with Gasteiger partial charge in [-0.15, -0.1) is 0 Å². The van der Waals surface area contributed by atoms with Gasteiger partial charge in [-0.05, 0) is 41.1 Å². The van der Waals surface area contributed by atoms with Crippen molar-refractivity contribution in [2.24, 2.45) is 0 Å². The highest BCUT2D eigenvalue weighted by Gasteiger charge is 2.08. The Labute approximate surface area is 115 Å². The topological polar surface area (TPSA) is 59.6 Å².